The van der Waals surface area contributed by atoms with Gasteiger partial charge in [0, 0.05) is 18.7 Å². The summed E-state index contributed by atoms with van der Waals surface area (Å²) < 4.78 is 44.6. The molecule has 0 spiro atoms. The van der Waals surface area contributed by atoms with Crippen LogP contribution in [0.2, 0.25) is 0 Å². The van der Waals surface area contributed by atoms with Gasteiger partial charge < -0.3 is 33.2 Å². The van der Waals surface area contributed by atoms with Crippen molar-refractivity contribution in [1.82, 2.24) is 0 Å². The molecule has 0 bridgehead atoms. The summed E-state index contributed by atoms with van der Waals surface area (Å²) in [6, 6.07) is 36.2. The lowest BCUT2D eigenvalue weighted by Gasteiger charge is -2.50. The maximum absolute atomic E-state index is 6.78. The molecular weight excluding hydrogens is 544 g/mol. The van der Waals surface area contributed by atoms with Crippen LogP contribution in [0.1, 0.15) is 28.4 Å². The Labute approximate surface area is 253 Å². The van der Waals surface area contributed by atoms with Crippen molar-refractivity contribution in [2.45, 2.75) is 50.5 Å². The topological polar surface area (TPSA) is 64.6 Å². The van der Waals surface area contributed by atoms with Crippen molar-refractivity contribution in [3.63, 3.8) is 0 Å². The molecule has 4 aromatic carbocycles. The molecule has 1 fully saturated rings. The Hall–Kier alpha value is -3.72. The average molecular weight is 583 g/mol. The van der Waals surface area contributed by atoms with Gasteiger partial charge in [-0.1, -0.05) is 91.0 Å². The van der Waals surface area contributed by atoms with E-state index < -0.39 is 24.6 Å². The zero-order valence-electron chi connectivity index (χ0n) is 24.5. The fraction of sp³-hybridized carbons (Fsp3) is 0.333. The molecule has 224 valence electrons. The predicted molar refractivity (Wildman–Crippen MR) is 162 cm³/mol. The van der Waals surface area contributed by atoms with E-state index in [1.165, 1.54) is 0 Å². The van der Waals surface area contributed by atoms with Gasteiger partial charge in [-0.15, -0.1) is 0 Å². The lowest BCUT2D eigenvalue weighted by Crippen LogP contribution is -2.61. The minimum atomic E-state index is -0.646. The lowest BCUT2D eigenvalue weighted by molar-refractivity contribution is -0.306. The molecule has 7 nitrogen and oxygen atoms in total. The third kappa shape index (κ3) is 6.93. The highest BCUT2D eigenvalue weighted by molar-refractivity contribution is 5.44. The van der Waals surface area contributed by atoms with E-state index in [0.29, 0.717) is 37.9 Å². The van der Waals surface area contributed by atoms with E-state index in [-0.39, 0.29) is 12.0 Å². The normalized spacial score (nSPS) is 24.4. The first-order valence-electron chi connectivity index (χ1n) is 14.7. The molecule has 2 aliphatic rings. The zero-order valence-corrected chi connectivity index (χ0v) is 24.5. The molecule has 6 unspecified atom stereocenters. The SMILES string of the molecule is COc1ccc2c(c1)OC1OC(COCc3ccccc3)C(OCc3ccccc3)C(OCc3ccccc3)C1C2OC. The highest BCUT2D eigenvalue weighted by Crippen LogP contribution is 2.48. The molecule has 43 heavy (non-hydrogen) atoms. The van der Waals surface area contributed by atoms with Crippen LogP contribution < -0.4 is 9.47 Å². The smallest absolute Gasteiger partial charge is 0.208 e. The Kier molecular flexibility index (Phi) is 9.67. The fourth-order valence-electron chi connectivity index (χ4n) is 5.89. The van der Waals surface area contributed by atoms with Gasteiger partial charge in [0.25, 0.3) is 0 Å². The van der Waals surface area contributed by atoms with E-state index in [9.17, 15) is 0 Å². The first kappa shape index (κ1) is 29.4. The Morgan fingerprint density at radius 1 is 0.651 bits per heavy atom. The Bertz CT molecular complexity index is 1420. The van der Waals surface area contributed by atoms with Gasteiger partial charge in [-0.05, 0) is 28.8 Å². The van der Waals surface area contributed by atoms with Gasteiger partial charge >= 0.3 is 0 Å². The van der Waals surface area contributed by atoms with Gasteiger partial charge in [0.1, 0.15) is 23.7 Å². The number of fused-ring (bicyclic) bond motifs is 2. The van der Waals surface area contributed by atoms with Gasteiger partial charge in [-0.25, -0.2) is 0 Å². The molecule has 0 aliphatic carbocycles. The zero-order chi connectivity index (χ0) is 29.4. The van der Waals surface area contributed by atoms with Gasteiger partial charge in [-0.2, -0.15) is 0 Å². The van der Waals surface area contributed by atoms with Gasteiger partial charge in [0.05, 0.1) is 51.7 Å². The molecule has 0 saturated carbocycles. The number of rotatable bonds is 12. The van der Waals surface area contributed by atoms with E-state index in [1.54, 1.807) is 14.2 Å². The summed E-state index contributed by atoms with van der Waals surface area (Å²) in [7, 11) is 3.35. The fourth-order valence-corrected chi connectivity index (χ4v) is 5.89. The summed E-state index contributed by atoms with van der Waals surface area (Å²) >= 11 is 0. The molecular formula is C36H38O7. The molecule has 1 saturated heterocycles. The van der Waals surface area contributed by atoms with Crippen LogP contribution in [0.4, 0.5) is 0 Å². The number of benzene rings is 4. The van der Waals surface area contributed by atoms with Crippen molar-refractivity contribution in [3.8, 4) is 11.5 Å². The van der Waals surface area contributed by atoms with Gasteiger partial charge in [0.2, 0.25) is 6.29 Å². The maximum atomic E-state index is 6.78. The second kappa shape index (κ2) is 14.2. The Morgan fingerprint density at radius 3 is 1.81 bits per heavy atom. The second-order valence-corrected chi connectivity index (χ2v) is 10.8. The van der Waals surface area contributed by atoms with Crippen LogP contribution in [0.3, 0.4) is 0 Å². The Morgan fingerprint density at radius 2 is 1.23 bits per heavy atom. The van der Waals surface area contributed by atoms with Crippen LogP contribution in [-0.4, -0.2) is 45.4 Å². The van der Waals surface area contributed by atoms with E-state index in [2.05, 4.69) is 24.3 Å². The molecule has 0 N–H and O–H groups in total. The van der Waals surface area contributed by atoms with E-state index >= 15 is 0 Å². The summed E-state index contributed by atoms with van der Waals surface area (Å²) in [5, 5.41) is 0. The minimum Gasteiger partial charge on any atom is -0.497 e. The predicted octanol–water partition coefficient (Wildman–Crippen LogP) is 6.50. The largest absolute Gasteiger partial charge is 0.497 e. The van der Waals surface area contributed by atoms with Crippen molar-refractivity contribution < 1.29 is 33.2 Å². The second-order valence-electron chi connectivity index (χ2n) is 10.8. The van der Waals surface area contributed by atoms with Crippen LogP contribution in [0.25, 0.3) is 0 Å². The molecule has 0 aromatic heterocycles. The summed E-state index contributed by atoms with van der Waals surface area (Å²) in [6.45, 7) is 1.56. The molecule has 2 aliphatic heterocycles. The van der Waals surface area contributed by atoms with Gasteiger partial charge in [-0.3, -0.25) is 0 Å². The first-order chi connectivity index (χ1) is 21.2. The highest BCUT2D eigenvalue weighted by atomic mass is 16.7. The molecule has 6 atom stereocenters. The molecule has 7 heteroatoms. The number of methoxy groups -OCH3 is 2. The lowest BCUT2D eigenvalue weighted by atomic mass is 9.81. The van der Waals surface area contributed by atoms with Crippen molar-refractivity contribution in [1.29, 1.82) is 0 Å². The van der Waals surface area contributed by atoms with E-state index in [4.69, 9.17) is 33.2 Å². The van der Waals surface area contributed by atoms with Crippen molar-refractivity contribution in [2.75, 3.05) is 20.8 Å². The quantitative estimate of drug-likeness (QED) is 0.189. The molecule has 2 heterocycles. The van der Waals surface area contributed by atoms with Crippen LogP contribution in [-0.2, 0) is 43.5 Å². The molecule has 0 radical (unpaired) electrons. The average Bonchev–Trinajstić information content (AvgIpc) is 3.06. The van der Waals surface area contributed by atoms with E-state index in [1.807, 2.05) is 84.9 Å². The molecule has 6 rings (SSSR count). The van der Waals surface area contributed by atoms with Crippen molar-refractivity contribution >= 4 is 0 Å². The van der Waals surface area contributed by atoms with Crippen molar-refractivity contribution in [3.05, 3.63) is 131 Å². The Balaban J connectivity index is 1.32. The number of ether oxygens (including phenoxy) is 7. The van der Waals surface area contributed by atoms with Crippen LogP contribution in [0.5, 0.6) is 11.5 Å². The third-order valence-corrected chi connectivity index (χ3v) is 8.03. The van der Waals surface area contributed by atoms with Crippen LogP contribution >= 0.6 is 0 Å². The monoisotopic (exact) mass is 582 g/mol. The first-order valence-corrected chi connectivity index (χ1v) is 14.7. The summed E-state index contributed by atoms with van der Waals surface area (Å²) in [5.41, 5.74) is 4.14. The number of hydrogen-bond acceptors (Lipinski definition) is 7. The van der Waals surface area contributed by atoms with Crippen LogP contribution in [0, 0.1) is 5.92 Å². The summed E-state index contributed by atoms with van der Waals surface area (Å²) in [5.74, 6) is 1.06. The standard InChI is InChI=1S/C36H38O7/c1-37-28-18-19-29-30(20-28)42-36-32(33(29)38-2)35(41-23-27-16-10-5-11-17-27)34(40-22-26-14-8-4-9-15-26)31(43-36)24-39-21-25-12-6-3-7-13-25/h3-20,31-36H,21-24H2,1-2H3. The number of hydrogen-bond donors (Lipinski definition) is 0. The van der Waals surface area contributed by atoms with Crippen LogP contribution in [0.15, 0.2) is 109 Å². The molecule has 4 aromatic rings. The minimum absolute atomic E-state index is 0.300. The molecule has 0 amide bonds. The van der Waals surface area contributed by atoms with Gasteiger partial charge in [0.15, 0.2) is 0 Å². The summed E-state index contributed by atoms with van der Waals surface area (Å²) in [6.07, 6.45) is -2.34. The summed E-state index contributed by atoms with van der Waals surface area (Å²) in [4.78, 5) is 0. The third-order valence-electron chi connectivity index (χ3n) is 8.03. The van der Waals surface area contributed by atoms with E-state index in [0.717, 1.165) is 22.3 Å². The highest BCUT2D eigenvalue weighted by Gasteiger charge is 2.54. The maximum Gasteiger partial charge on any atom is 0.208 e. The van der Waals surface area contributed by atoms with Crippen molar-refractivity contribution in [2.24, 2.45) is 5.92 Å².